The van der Waals surface area contributed by atoms with Crippen molar-refractivity contribution in [3.05, 3.63) is 0 Å². The van der Waals surface area contributed by atoms with Gasteiger partial charge in [-0.05, 0) is 0 Å². The minimum Gasteiger partial charge on any atom is -0.287 e. The summed E-state index contributed by atoms with van der Waals surface area (Å²) in [4.78, 5) is 7.01. The molecule has 0 unspecified atom stereocenters. The first-order valence-electron chi connectivity index (χ1n) is 0.565. The van der Waals surface area contributed by atoms with E-state index < -0.39 is 7.91 Å². The molecule has 0 spiro atoms. The van der Waals surface area contributed by atoms with Gasteiger partial charge >= 0.3 is 37.5 Å². The Morgan fingerprint density at radius 3 is 1.40 bits per heavy atom. The molecule has 0 aromatic rings. The second-order valence-corrected chi connectivity index (χ2v) is 0.714. The first kappa shape index (κ1) is 9.29. The summed E-state index contributed by atoms with van der Waals surface area (Å²) in [5.41, 5.74) is 0. The van der Waals surface area contributed by atoms with E-state index in [1.807, 2.05) is 0 Å². The first-order chi connectivity index (χ1) is 1.73. The molecule has 0 aliphatic carbocycles. The van der Waals surface area contributed by atoms with Crippen molar-refractivity contribution in [3.63, 3.8) is 0 Å². The Morgan fingerprint density at radius 1 is 1.40 bits per heavy atom. The van der Waals surface area contributed by atoms with Crippen molar-refractivity contribution in [1.82, 2.24) is 0 Å². The van der Waals surface area contributed by atoms with Crippen molar-refractivity contribution in [2.24, 2.45) is 0 Å². The average molecular weight is 103 g/mol. The predicted octanol–water partition coefficient (Wildman–Crippen LogP) is -2.93. The first-order valence-corrected chi connectivity index (χ1v) is 1.70. The van der Waals surface area contributed by atoms with Gasteiger partial charge in [-0.15, -0.1) is 0 Å². The maximum atomic E-state index is 8.59. The number of hydrogen-bond donors (Lipinski definition) is 1. The second kappa shape index (κ2) is 4.86. The van der Waals surface area contributed by atoms with Gasteiger partial charge in [-0.3, -0.25) is 4.89 Å². The summed E-state index contributed by atoms with van der Waals surface area (Å²) in [5, 5.41) is 0. The van der Waals surface area contributed by atoms with Crippen LogP contribution in [0.15, 0.2) is 0 Å². The van der Waals surface area contributed by atoms with E-state index in [2.05, 4.69) is 0 Å². The summed E-state index contributed by atoms with van der Waals surface area (Å²) in [6.07, 6.45) is 0. The number of rotatable bonds is 0. The predicted molar refractivity (Wildman–Crippen MR) is 10.5 cm³/mol. The quantitative estimate of drug-likeness (QED) is 0.264. The minimum atomic E-state index is -3.12. The van der Waals surface area contributed by atoms with Crippen LogP contribution >= 0.6 is 7.91 Å². The standard InChI is InChI=1S/Na.HO3P/c;1-4(2)3/h;(H,1,2,3)/q+1;. The van der Waals surface area contributed by atoms with Gasteiger partial charge < -0.3 is 0 Å². The van der Waals surface area contributed by atoms with Gasteiger partial charge in [0, 0.05) is 0 Å². The summed E-state index contributed by atoms with van der Waals surface area (Å²) in [5.74, 6) is 0. The molecular formula is HNaO3P+. The topological polar surface area (TPSA) is 54.4 Å². The van der Waals surface area contributed by atoms with Gasteiger partial charge in [-0.1, -0.05) is 0 Å². The molecule has 0 saturated heterocycles. The van der Waals surface area contributed by atoms with Crippen molar-refractivity contribution in [2.75, 3.05) is 0 Å². The largest absolute Gasteiger partial charge is 1.00 e. The molecule has 24 valence electrons. The van der Waals surface area contributed by atoms with E-state index in [0.29, 0.717) is 0 Å². The monoisotopic (exact) mass is 103 g/mol. The zero-order valence-corrected chi connectivity index (χ0v) is 5.61. The Balaban J connectivity index is 0. The molecule has 0 radical (unpaired) electrons. The molecule has 0 atom stereocenters. The van der Waals surface area contributed by atoms with Gasteiger partial charge in [0.1, 0.15) is 0 Å². The third kappa shape index (κ3) is 53.7. The maximum Gasteiger partial charge on any atom is 1.00 e. The molecule has 3 nitrogen and oxygen atoms in total. The molecule has 0 rings (SSSR count). The van der Waals surface area contributed by atoms with Gasteiger partial charge in [-0.2, -0.15) is 0 Å². The van der Waals surface area contributed by atoms with E-state index in [9.17, 15) is 0 Å². The normalized spacial score (nSPS) is 5.00. The van der Waals surface area contributed by atoms with Gasteiger partial charge in [0.2, 0.25) is 0 Å². The van der Waals surface area contributed by atoms with Crippen LogP contribution in [0.25, 0.3) is 0 Å². The van der Waals surface area contributed by atoms with E-state index in [4.69, 9.17) is 14.0 Å². The van der Waals surface area contributed by atoms with Gasteiger partial charge in [0.25, 0.3) is 0 Å². The zero-order chi connectivity index (χ0) is 3.58. The fourth-order valence-corrected chi connectivity index (χ4v) is 0. The van der Waals surface area contributed by atoms with E-state index in [0.717, 1.165) is 0 Å². The smallest absolute Gasteiger partial charge is 0.287 e. The molecule has 5 heteroatoms. The fraction of sp³-hybridized carbons (Fsp3) is 0. The third-order valence-corrected chi connectivity index (χ3v) is 0. The molecule has 0 aromatic carbocycles. The number of hydrogen-bond acceptors (Lipinski definition) is 2. The van der Waals surface area contributed by atoms with Crippen LogP contribution in [0, 0.1) is 0 Å². The van der Waals surface area contributed by atoms with Crippen LogP contribution in [0.2, 0.25) is 0 Å². The fourth-order valence-electron chi connectivity index (χ4n) is 0. The summed E-state index contributed by atoms with van der Waals surface area (Å²) < 4.78 is 17.2. The van der Waals surface area contributed by atoms with Gasteiger partial charge in [-0.25, -0.2) is 9.13 Å². The van der Waals surface area contributed by atoms with Crippen LogP contribution in [0.4, 0.5) is 0 Å². The molecule has 0 aromatic heterocycles. The Hall–Kier alpha value is 0.860. The Morgan fingerprint density at radius 2 is 1.40 bits per heavy atom. The summed E-state index contributed by atoms with van der Waals surface area (Å²) in [7, 11) is -3.12. The molecule has 0 fully saturated rings. The summed E-state index contributed by atoms with van der Waals surface area (Å²) >= 11 is 0. The van der Waals surface area contributed by atoms with Crippen molar-refractivity contribution in [3.8, 4) is 0 Å². The van der Waals surface area contributed by atoms with E-state index in [1.54, 1.807) is 0 Å². The average Bonchev–Trinajstić information content (AvgIpc) is 0.811. The Bertz CT molecular complexity index is 55.3. The molecule has 0 saturated carbocycles. The van der Waals surface area contributed by atoms with Crippen LogP contribution < -0.4 is 29.6 Å². The molecular weight excluding hydrogens is 102 g/mol. The minimum absolute atomic E-state index is 0. The van der Waals surface area contributed by atoms with Crippen molar-refractivity contribution in [2.45, 2.75) is 0 Å². The van der Waals surface area contributed by atoms with Crippen molar-refractivity contribution >= 4 is 7.91 Å². The maximum absolute atomic E-state index is 8.59. The summed E-state index contributed by atoms with van der Waals surface area (Å²) in [6.45, 7) is 0. The van der Waals surface area contributed by atoms with Gasteiger partial charge in [0.15, 0.2) is 0 Å². The molecule has 0 amide bonds. The Labute approximate surface area is 51.6 Å². The molecule has 0 bridgehead atoms. The van der Waals surface area contributed by atoms with Gasteiger partial charge in [0.05, 0.1) is 0 Å². The van der Waals surface area contributed by atoms with Crippen molar-refractivity contribution < 1.29 is 43.6 Å². The van der Waals surface area contributed by atoms with E-state index in [-0.39, 0.29) is 29.6 Å². The molecule has 0 aliphatic heterocycles. The van der Waals surface area contributed by atoms with Crippen LogP contribution in [0.1, 0.15) is 0 Å². The third-order valence-electron chi connectivity index (χ3n) is 0. The van der Waals surface area contributed by atoms with Crippen LogP contribution in [-0.4, -0.2) is 4.89 Å². The second-order valence-electron chi connectivity index (χ2n) is 0.238. The molecule has 0 aliphatic rings. The van der Waals surface area contributed by atoms with E-state index in [1.165, 1.54) is 0 Å². The zero-order valence-electron chi connectivity index (χ0n) is 2.71. The van der Waals surface area contributed by atoms with Crippen molar-refractivity contribution in [1.29, 1.82) is 0 Å². The van der Waals surface area contributed by atoms with Crippen LogP contribution in [0.5, 0.6) is 0 Å². The Kier molecular flexibility index (Phi) is 9.03. The SMILES string of the molecule is O=P(=O)O.[Na+]. The van der Waals surface area contributed by atoms with Crippen LogP contribution in [-0.2, 0) is 9.13 Å². The van der Waals surface area contributed by atoms with E-state index >= 15 is 0 Å². The molecule has 0 heterocycles. The van der Waals surface area contributed by atoms with Crippen LogP contribution in [0.3, 0.4) is 0 Å². The summed E-state index contributed by atoms with van der Waals surface area (Å²) in [6, 6.07) is 0. The molecule has 5 heavy (non-hydrogen) atoms. The molecule has 1 N–H and O–H groups in total.